The number of hydrogen-bond acceptors (Lipinski definition) is 3. The standard InChI is InChI=1S/C15H38O3Si4/c1-11-12-13-14-15-22(16-19(2,3)4,17-20(5,6)7)18-21(8,9)10/h14-15H,11-13H2,1-10H3/b15-14+. The number of hydrogen-bond donors (Lipinski definition) is 0. The smallest absolute Gasteiger partial charge is 0.414 e. The van der Waals surface area contributed by atoms with E-state index in [1.807, 2.05) is 0 Å². The van der Waals surface area contributed by atoms with E-state index in [2.05, 4.69) is 77.6 Å². The topological polar surface area (TPSA) is 27.7 Å². The number of allylic oxidation sites excluding steroid dienone is 1. The second-order valence-electron chi connectivity index (χ2n) is 8.79. The van der Waals surface area contributed by atoms with Crippen molar-refractivity contribution in [2.75, 3.05) is 0 Å². The van der Waals surface area contributed by atoms with Gasteiger partial charge in [0.05, 0.1) is 0 Å². The van der Waals surface area contributed by atoms with E-state index in [0.717, 1.165) is 6.42 Å². The minimum absolute atomic E-state index is 1.07. The van der Waals surface area contributed by atoms with Gasteiger partial charge in [0.1, 0.15) is 0 Å². The van der Waals surface area contributed by atoms with Gasteiger partial charge in [-0.25, -0.2) is 0 Å². The summed E-state index contributed by atoms with van der Waals surface area (Å²) in [5, 5.41) is 0. The highest BCUT2D eigenvalue weighted by atomic mass is 28.5. The zero-order chi connectivity index (χ0) is 17.7. The molecule has 0 fully saturated rings. The molecule has 0 amide bonds. The van der Waals surface area contributed by atoms with Crippen LogP contribution in [-0.4, -0.2) is 33.8 Å². The van der Waals surface area contributed by atoms with Crippen molar-refractivity contribution in [3.63, 3.8) is 0 Å². The predicted octanol–water partition coefficient (Wildman–Crippen LogP) is 5.77. The quantitative estimate of drug-likeness (QED) is 0.357. The van der Waals surface area contributed by atoms with E-state index in [1.54, 1.807) is 0 Å². The van der Waals surface area contributed by atoms with Crippen molar-refractivity contribution in [1.82, 2.24) is 0 Å². The van der Waals surface area contributed by atoms with Gasteiger partial charge in [-0.1, -0.05) is 25.8 Å². The highest BCUT2D eigenvalue weighted by Crippen LogP contribution is 2.26. The molecular weight excluding hydrogens is 341 g/mol. The van der Waals surface area contributed by atoms with Crippen molar-refractivity contribution in [1.29, 1.82) is 0 Å². The third kappa shape index (κ3) is 12.0. The van der Waals surface area contributed by atoms with E-state index >= 15 is 0 Å². The lowest BCUT2D eigenvalue weighted by Gasteiger charge is -2.41. The van der Waals surface area contributed by atoms with Crippen LogP contribution in [-0.2, 0) is 12.3 Å². The third-order valence-electron chi connectivity index (χ3n) is 2.39. The van der Waals surface area contributed by atoms with Crippen LogP contribution in [0, 0.1) is 0 Å². The van der Waals surface area contributed by atoms with Crippen LogP contribution in [0.25, 0.3) is 0 Å². The lowest BCUT2D eigenvalue weighted by atomic mass is 10.2. The maximum Gasteiger partial charge on any atom is 0.497 e. The predicted molar refractivity (Wildman–Crippen MR) is 108 cm³/mol. The highest BCUT2D eigenvalue weighted by Gasteiger charge is 2.48. The Labute approximate surface area is 143 Å². The van der Waals surface area contributed by atoms with Crippen molar-refractivity contribution in [2.45, 2.75) is 85.1 Å². The average molecular weight is 379 g/mol. The van der Waals surface area contributed by atoms with Gasteiger partial charge in [0, 0.05) is 0 Å². The molecule has 0 rings (SSSR count). The molecular formula is C15H38O3Si4. The van der Waals surface area contributed by atoms with Gasteiger partial charge in [-0.2, -0.15) is 0 Å². The molecule has 0 atom stereocenters. The fourth-order valence-corrected chi connectivity index (χ4v) is 15.1. The zero-order valence-electron chi connectivity index (χ0n) is 16.5. The summed E-state index contributed by atoms with van der Waals surface area (Å²) in [6, 6.07) is 0. The Morgan fingerprint density at radius 3 is 1.32 bits per heavy atom. The Bertz CT molecular complexity index is 310. The fourth-order valence-electron chi connectivity index (χ4n) is 1.99. The van der Waals surface area contributed by atoms with Gasteiger partial charge in [-0.05, 0) is 71.0 Å². The average Bonchev–Trinajstić information content (AvgIpc) is 2.16. The molecule has 0 saturated heterocycles. The van der Waals surface area contributed by atoms with E-state index in [4.69, 9.17) is 12.3 Å². The molecule has 0 aliphatic heterocycles. The summed E-state index contributed by atoms with van der Waals surface area (Å²) in [4.78, 5) is 0. The summed E-state index contributed by atoms with van der Waals surface area (Å²) < 4.78 is 19.7. The molecule has 0 spiro atoms. The van der Waals surface area contributed by atoms with E-state index in [9.17, 15) is 0 Å². The Hall–Kier alpha value is 0.488. The number of unbranched alkanes of at least 4 members (excludes halogenated alkanes) is 2. The normalized spacial score (nSPS) is 14.8. The third-order valence-corrected chi connectivity index (χ3v) is 13.8. The summed E-state index contributed by atoms with van der Waals surface area (Å²) >= 11 is 0. The van der Waals surface area contributed by atoms with E-state index in [-0.39, 0.29) is 0 Å². The van der Waals surface area contributed by atoms with Crippen molar-refractivity contribution >= 4 is 33.8 Å². The highest BCUT2D eigenvalue weighted by molar-refractivity contribution is 6.92. The van der Waals surface area contributed by atoms with Crippen LogP contribution in [0.1, 0.15) is 26.2 Å². The van der Waals surface area contributed by atoms with Gasteiger partial charge in [-0.3, -0.25) is 0 Å². The summed E-state index contributed by atoms with van der Waals surface area (Å²) in [5.41, 5.74) is 2.18. The van der Waals surface area contributed by atoms with Gasteiger partial charge in [-0.15, -0.1) is 0 Å². The van der Waals surface area contributed by atoms with Gasteiger partial charge in [0.25, 0.3) is 0 Å². The molecule has 0 radical (unpaired) electrons. The van der Waals surface area contributed by atoms with Gasteiger partial charge in [0.15, 0.2) is 25.0 Å². The van der Waals surface area contributed by atoms with Gasteiger partial charge in [0.2, 0.25) is 0 Å². The van der Waals surface area contributed by atoms with E-state index in [1.165, 1.54) is 12.8 Å². The van der Waals surface area contributed by atoms with E-state index < -0.39 is 33.8 Å². The second kappa shape index (κ2) is 8.55. The first kappa shape index (κ1) is 22.5. The van der Waals surface area contributed by atoms with Crippen molar-refractivity contribution in [3.05, 3.63) is 11.8 Å². The fraction of sp³-hybridized carbons (Fsp3) is 0.867. The summed E-state index contributed by atoms with van der Waals surface area (Å²) in [7, 11) is -8.01. The summed E-state index contributed by atoms with van der Waals surface area (Å²) in [6.45, 7) is 22.2. The molecule has 22 heavy (non-hydrogen) atoms. The maximum absolute atomic E-state index is 6.57. The monoisotopic (exact) mass is 378 g/mol. The minimum atomic E-state index is -2.75. The van der Waals surface area contributed by atoms with Gasteiger partial charge >= 0.3 is 8.80 Å². The molecule has 0 aliphatic carbocycles. The van der Waals surface area contributed by atoms with Crippen LogP contribution in [0.3, 0.4) is 0 Å². The van der Waals surface area contributed by atoms with Crippen LogP contribution < -0.4 is 0 Å². The van der Waals surface area contributed by atoms with Gasteiger partial charge < -0.3 is 12.3 Å². The molecule has 3 nitrogen and oxygen atoms in total. The van der Waals surface area contributed by atoms with Crippen LogP contribution in [0.4, 0.5) is 0 Å². The Balaban J connectivity index is 5.53. The largest absolute Gasteiger partial charge is 0.497 e. The van der Waals surface area contributed by atoms with Crippen molar-refractivity contribution in [2.24, 2.45) is 0 Å². The molecule has 132 valence electrons. The van der Waals surface area contributed by atoms with Crippen molar-refractivity contribution < 1.29 is 12.3 Å². The lowest BCUT2D eigenvalue weighted by Crippen LogP contribution is -2.59. The van der Waals surface area contributed by atoms with Crippen LogP contribution in [0.5, 0.6) is 0 Å². The Morgan fingerprint density at radius 2 is 1.05 bits per heavy atom. The maximum atomic E-state index is 6.57. The first-order valence-electron chi connectivity index (χ1n) is 8.46. The molecule has 0 aliphatic rings. The number of rotatable bonds is 10. The van der Waals surface area contributed by atoms with Crippen molar-refractivity contribution in [3.8, 4) is 0 Å². The SMILES string of the molecule is CCCC/C=C/[Si](O[Si](C)(C)C)(O[Si](C)(C)C)O[Si](C)(C)C. The molecule has 0 heterocycles. The van der Waals surface area contributed by atoms with Crippen LogP contribution in [0.2, 0.25) is 58.9 Å². The molecule has 0 aromatic carbocycles. The molecule has 0 bridgehead atoms. The molecule has 0 aromatic heterocycles. The Morgan fingerprint density at radius 1 is 0.682 bits per heavy atom. The molecule has 7 heteroatoms. The first-order valence-corrected chi connectivity index (χ1v) is 20.5. The summed E-state index contributed by atoms with van der Waals surface area (Å²) in [5.74, 6) is 0. The molecule has 0 N–H and O–H groups in total. The molecule has 0 aromatic rings. The van der Waals surface area contributed by atoms with Crippen LogP contribution >= 0.6 is 0 Å². The minimum Gasteiger partial charge on any atom is -0.414 e. The zero-order valence-corrected chi connectivity index (χ0v) is 20.5. The van der Waals surface area contributed by atoms with Crippen LogP contribution in [0.15, 0.2) is 11.8 Å². The second-order valence-corrected chi connectivity index (χ2v) is 25.5. The summed E-state index contributed by atoms with van der Waals surface area (Å²) in [6.07, 6.45) is 5.71. The van der Waals surface area contributed by atoms with E-state index in [0.29, 0.717) is 0 Å². The lowest BCUT2D eigenvalue weighted by molar-refractivity contribution is 0.271. The first-order chi connectivity index (χ1) is 9.68. The molecule has 0 saturated carbocycles. The Kier molecular flexibility index (Phi) is 8.73. The molecule has 0 unspecified atom stereocenters.